The Kier molecular flexibility index (Phi) is 46.9. The molecule has 388 valence electrons. The molecule has 2 atom stereocenters. The molecule has 9 nitrogen and oxygen atoms in total. The fourth-order valence-corrected chi connectivity index (χ4v) is 6.91. The number of aliphatic carboxylic acids is 1. The van der Waals surface area contributed by atoms with Crippen molar-refractivity contribution in [1.29, 1.82) is 0 Å². The first-order chi connectivity index (χ1) is 33.1. The lowest BCUT2D eigenvalue weighted by Gasteiger charge is -2.26. The van der Waals surface area contributed by atoms with Gasteiger partial charge in [0, 0.05) is 12.8 Å². The number of likely N-dealkylation sites (N-methyl/N-ethyl adjacent to an activating group) is 1. The topological polar surface area (TPSA) is 111 Å². The zero-order chi connectivity index (χ0) is 49.9. The number of rotatable bonds is 48. The van der Waals surface area contributed by atoms with E-state index >= 15 is 0 Å². The third kappa shape index (κ3) is 50.1. The highest BCUT2D eigenvalue weighted by Crippen LogP contribution is 2.14. The number of unbranched alkanes of at least 4 members (excludes halogenated alkanes) is 17. The van der Waals surface area contributed by atoms with Crippen LogP contribution in [-0.2, 0) is 33.3 Å². The van der Waals surface area contributed by atoms with Gasteiger partial charge in [-0.15, -0.1) is 0 Å². The largest absolute Gasteiger partial charge is 0.545 e. The van der Waals surface area contributed by atoms with E-state index in [1.54, 1.807) is 0 Å². The van der Waals surface area contributed by atoms with Gasteiger partial charge in [0.2, 0.25) is 0 Å². The number of allylic oxidation sites excluding steroid dienone is 16. The molecule has 0 rings (SSSR count). The van der Waals surface area contributed by atoms with Crippen molar-refractivity contribution in [1.82, 2.24) is 0 Å². The Bertz CT molecular complexity index is 1430. The molecule has 0 amide bonds. The Morgan fingerprint density at radius 1 is 0.456 bits per heavy atom. The third-order valence-electron chi connectivity index (χ3n) is 11.1. The summed E-state index contributed by atoms with van der Waals surface area (Å²) in [7, 11) is 5.90. The van der Waals surface area contributed by atoms with E-state index in [1.165, 1.54) is 51.4 Å². The quantitative estimate of drug-likeness (QED) is 0.0195. The van der Waals surface area contributed by atoms with Gasteiger partial charge in [-0.2, -0.15) is 0 Å². The van der Waals surface area contributed by atoms with Crippen LogP contribution in [-0.4, -0.2) is 82.3 Å². The van der Waals surface area contributed by atoms with Gasteiger partial charge < -0.3 is 33.3 Å². The average Bonchev–Trinajstić information content (AvgIpc) is 3.30. The highest BCUT2D eigenvalue weighted by Gasteiger charge is 2.22. The van der Waals surface area contributed by atoms with E-state index in [4.69, 9.17) is 18.9 Å². The zero-order valence-corrected chi connectivity index (χ0v) is 43.9. The predicted molar refractivity (Wildman–Crippen MR) is 283 cm³/mol. The van der Waals surface area contributed by atoms with Crippen molar-refractivity contribution in [3.05, 3.63) is 97.2 Å². The van der Waals surface area contributed by atoms with Crippen molar-refractivity contribution >= 4 is 17.9 Å². The molecule has 2 unspecified atom stereocenters. The number of carbonyl (C=O) groups is 3. The van der Waals surface area contributed by atoms with E-state index < -0.39 is 24.3 Å². The average molecular weight is 950 g/mol. The summed E-state index contributed by atoms with van der Waals surface area (Å²) in [5.74, 6) is -2.32. The lowest BCUT2D eigenvalue weighted by molar-refractivity contribution is -0.870. The van der Waals surface area contributed by atoms with E-state index in [1.807, 2.05) is 21.1 Å². The molecule has 0 aliphatic carbocycles. The maximum atomic E-state index is 12.8. The Labute approximate surface area is 416 Å². The summed E-state index contributed by atoms with van der Waals surface area (Å²) >= 11 is 0. The van der Waals surface area contributed by atoms with Gasteiger partial charge in [0.05, 0.1) is 40.3 Å². The molecule has 0 bridgehead atoms. The van der Waals surface area contributed by atoms with Gasteiger partial charge in [-0.1, -0.05) is 195 Å². The SMILES string of the molecule is CC/C=C\C/C=C\C/C=C\C/C=C\C/C=C\C/C=C\CCCCCCCCCCCCC(=O)OC(COC(=O)CCCCCCC/C=C\C/C=C\CCCC)COC(OCC[N+](C)(C)C)C(=O)[O-]. The number of quaternary nitrogens is 1. The summed E-state index contributed by atoms with van der Waals surface area (Å²) in [6, 6.07) is 0. The van der Waals surface area contributed by atoms with Crippen LogP contribution >= 0.6 is 0 Å². The molecule has 0 heterocycles. The van der Waals surface area contributed by atoms with E-state index in [-0.39, 0.29) is 38.6 Å². The van der Waals surface area contributed by atoms with Gasteiger partial charge in [0.1, 0.15) is 13.2 Å². The molecule has 0 fully saturated rings. The summed E-state index contributed by atoms with van der Waals surface area (Å²) in [4.78, 5) is 37.2. The van der Waals surface area contributed by atoms with Crippen LogP contribution in [0.15, 0.2) is 97.2 Å². The molecule has 68 heavy (non-hydrogen) atoms. The van der Waals surface area contributed by atoms with Gasteiger partial charge in [-0.25, -0.2) is 0 Å². The fourth-order valence-electron chi connectivity index (χ4n) is 6.91. The highest BCUT2D eigenvalue weighted by atomic mass is 16.7. The molecule has 0 aliphatic rings. The van der Waals surface area contributed by atoms with Crippen LogP contribution in [0.4, 0.5) is 0 Å². The van der Waals surface area contributed by atoms with Crippen molar-refractivity contribution in [2.45, 2.75) is 212 Å². The Balaban J connectivity index is 4.28. The molecule has 0 aromatic carbocycles. The first kappa shape index (κ1) is 64.2. The molecule has 0 aliphatic heterocycles. The van der Waals surface area contributed by atoms with Crippen LogP contribution in [0.5, 0.6) is 0 Å². The Morgan fingerprint density at radius 2 is 0.838 bits per heavy atom. The van der Waals surface area contributed by atoms with Crippen LogP contribution in [0, 0.1) is 0 Å². The van der Waals surface area contributed by atoms with E-state index in [0.29, 0.717) is 17.4 Å². The van der Waals surface area contributed by atoms with E-state index in [0.717, 1.165) is 116 Å². The van der Waals surface area contributed by atoms with Gasteiger partial charge >= 0.3 is 11.9 Å². The molecule has 0 saturated heterocycles. The minimum atomic E-state index is -1.63. The first-order valence-corrected chi connectivity index (χ1v) is 26.9. The second kappa shape index (κ2) is 49.6. The summed E-state index contributed by atoms with van der Waals surface area (Å²) < 4.78 is 22.6. The molecule has 9 heteroatoms. The van der Waals surface area contributed by atoms with Gasteiger partial charge in [-0.05, 0) is 89.9 Å². The molecular weight excluding hydrogens is 851 g/mol. The van der Waals surface area contributed by atoms with Crippen LogP contribution in [0.1, 0.15) is 200 Å². The molecule has 0 spiro atoms. The third-order valence-corrected chi connectivity index (χ3v) is 11.1. The van der Waals surface area contributed by atoms with Crippen molar-refractivity contribution in [2.24, 2.45) is 0 Å². The second-order valence-electron chi connectivity index (χ2n) is 18.8. The number of ether oxygens (including phenoxy) is 4. The maximum absolute atomic E-state index is 12.8. The Morgan fingerprint density at radius 3 is 1.25 bits per heavy atom. The predicted octanol–water partition coefficient (Wildman–Crippen LogP) is 14.1. The number of carboxylic acids is 1. The summed E-state index contributed by atoms with van der Waals surface area (Å²) in [5.41, 5.74) is 0. The van der Waals surface area contributed by atoms with Gasteiger partial charge in [0.25, 0.3) is 0 Å². The number of hydrogen-bond donors (Lipinski definition) is 0. The lowest BCUT2D eigenvalue weighted by atomic mass is 10.0. The summed E-state index contributed by atoms with van der Waals surface area (Å²) in [6.45, 7) is 4.55. The molecule has 0 aromatic heterocycles. The van der Waals surface area contributed by atoms with Crippen molar-refractivity contribution in [3.8, 4) is 0 Å². The van der Waals surface area contributed by atoms with Crippen LogP contribution in [0.25, 0.3) is 0 Å². The molecule has 0 radical (unpaired) electrons. The zero-order valence-electron chi connectivity index (χ0n) is 43.9. The highest BCUT2D eigenvalue weighted by molar-refractivity contribution is 5.70. The van der Waals surface area contributed by atoms with Crippen molar-refractivity contribution in [2.75, 3.05) is 47.5 Å². The molecular formula is C59H99NO8. The number of nitrogens with zero attached hydrogens (tertiary/aromatic N) is 1. The smallest absolute Gasteiger partial charge is 0.306 e. The number of esters is 2. The Hall–Kier alpha value is -3.79. The van der Waals surface area contributed by atoms with Crippen LogP contribution in [0.3, 0.4) is 0 Å². The minimum Gasteiger partial charge on any atom is -0.545 e. The van der Waals surface area contributed by atoms with Gasteiger partial charge in [0.15, 0.2) is 12.4 Å². The standard InChI is InChI=1S/C59H99NO8/c1-6-8-10-12-14-16-18-20-22-23-24-25-26-27-28-29-30-31-32-33-34-35-36-38-40-42-44-46-48-50-57(62)68-55(54-67-59(58(63)64)65-52-51-60(3,4)5)53-66-56(61)49-47-45-43-41-39-37-21-19-17-15-13-11-9-7-2/h8,10,13-16,19-22,24-25,27-28,30-31,55,59H,6-7,9,11-12,17-18,23,26,29,32-54H2,1-5H3/b10-8-,15-13-,16-14-,21-19-,22-20-,25-24-,28-27-,31-30-. The minimum absolute atomic E-state index is 0.140. The first-order valence-electron chi connectivity index (χ1n) is 26.9. The van der Waals surface area contributed by atoms with Gasteiger partial charge in [-0.3, -0.25) is 9.59 Å². The summed E-state index contributed by atoms with van der Waals surface area (Å²) in [6.07, 6.45) is 63.0. The monoisotopic (exact) mass is 950 g/mol. The van der Waals surface area contributed by atoms with Crippen LogP contribution in [0.2, 0.25) is 0 Å². The van der Waals surface area contributed by atoms with Crippen molar-refractivity contribution in [3.63, 3.8) is 0 Å². The van der Waals surface area contributed by atoms with E-state index in [2.05, 4.69) is 111 Å². The number of carbonyl (C=O) groups excluding carboxylic acids is 3. The fraction of sp³-hybridized carbons (Fsp3) is 0.678. The maximum Gasteiger partial charge on any atom is 0.306 e. The van der Waals surface area contributed by atoms with E-state index in [9.17, 15) is 19.5 Å². The molecule has 0 N–H and O–H groups in total. The lowest BCUT2D eigenvalue weighted by Crippen LogP contribution is -2.44. The number of hydrogen-bond acceptors (Lipinski definition) is 8. The molecule has 0 aromatic rings. The number of carboxylic acid groups (broad SMARTS) is 1. The normalized spacial score (nSPS) is 13.6. The summed E-state index contributed by atoms with van der Waals surface area (Å²) in [5, 5.41) is 11.7. The molecule has 0 saturated carbocycles. The van der Waals surface area contributed by atoms with Crippen LogP contribution < -0.4 is 5.11 Å². The van der Waals surface area contributed by atoms with Crippen molar-refractivity contribution < 1.29 is 42.9 Å². The second-order valence-corrected chi connectivity index (χ2v) is 18.8.